The summed E-state index contributed by atoms with van der Waals surface area (Å²) in [7, 11) is 0. The van der Waals surface area contributed by atoms with Crippen LogP contribution in [0, 0.1) is 6.92 Å². The highest BCUT2D eigenvalue weighted by Gasteiger charge is 2.33. The number of carbonyl (C=O) groups excluding carboxylic acids is 3. The molecule has 1 heterocycles. The van der Waals surface area contributed by atoms with Crippen LogP contribution in [0.25, 0.3) is 0 Å². The first kappa shape index (κ1) is 15.0. The van der Waals surface area contributed by atoms with Crippen molar-refractivity contribution in [3.05, 3.63) is 29.8 Å². The van der Waals surface area contributed by atoms with Gasteiger partial charge in [-0.05, 0) is 31.5 Å². The summed E-state index contributed by atoms with van der Waals surface area (Å²) in [6.07, 6.45) is 0.124. The number of imide groups is 1. The van der Waals surface area contributed by atoms with Crippen molar-refractivity contribution in [2.45, 2.75) is 26.3 Å². The average Bonchev–Trinajstić information content (AvgIpc) is 2.42. The van der Waals surface area contributed by atoms with Crippen molar-refractivity contribution in [1.29, 1.82) is 0 Å². The molecule has 0 aliphatic carbocycles. The van der Waals surface area contributed by atoms with Crippen LogP contribution < -0.4 is 10.1 Å². The molecule has 0 radical (unpaired) electrons. The van der Waals surface area contributed by atoms with Crippen molar-refractivity contribution in [3.63, 3.8) is 0 Å². The zero-order valence-corrected chi connectivity index (χ0v) is 12.1. The number of rotatable bonds is 4. The third-order valence-corrected chi connectivity index (χ3v) is 3.32. The predicted octanol–water partition coefficient (Wildman–Crippen LogP) is 0.637. The molecule has 0 spiro atoms. The molecule has 1 fully saturated rings. The molecule has 0 aromatic heterocycles. The van der Waals surface area contributed by atoms with Gasteiger partial charge in [-0.15, -0.1) is 0 Å². The van der Waals surface area contributed by atoms with Gasteiger partial charge in [-0.3, -0.25) is 19.7 Å². The Labute approximate surface area is 123 Å². The number of nitrogens with one attached hydrogen (secondary N) is 1. The summed E-state index contributed by atoms with van der Waals surface area (Å²) in [4.78, 5) is 36.2. The molecule has 1 N–H and O–H groups in total. The molecular weight excluding hydrogens is 272 g/mol. The minimum Gasteiger partial charge on any atom is -0.493 e. The van der Waals surface area contributed by atoms with E-state index in [1.165, 1.54) is 4.90 Å². The van der Waals surface area contributed by atoms with Gasteiger partial charge in [0.15, 0.2) is 0 Å². The van der Waals surface area contributed by atoms with Gasteiger partial charge in [0.25, 0.3) is 0 Å². The highest BCUT2D eigenvalue weighted by molar-refractivity contribution is 6.04. The van der Waals surface area contributed by atoms with Crippen molar-refractivity contribution >= 4 is 17.7 Å². The maximum atomic E-state index is 12.1. The van der Waals surface area contributed by atoms with E-state index in [0.717, 1.165) is 5.56 Å². The van der Waals surface area contributed by atoms with Crippen LogP contribution in [0.15, 0.2) is 24.3 Å². The number of aryl methyl sites for hydroxylation is 1. The first-order valence-electron chi connectivity index (χ1n) is 6.80. The molecule has 1 atom stereocenters. The number of piperazine rings is 1. The van der Waals surface area contributed by atoms with Crippen molar-refractivity contribution < 1.29 is 19.1 Å². The minimum atomic E-state index is -0.630. The van der Waals surface area contributed by atoms with Gasteiger partial charge in [0.05, 0.1) is 13.0 Å². The lowest BCUT2D eigenvalue weighted by Crippen LogP contribution is -2.58. The van der Waals surface area contributed by atoms with E-state index in [1.807, 2.05) is 31.2 Å². The van der Waals surface area contributed by atoms with Gasteiger partial charge < -0.3 is 9.64 Å². The number of benzene rings is 1. The summed E-state index contributed by atoms with van der Waals surface area (Å²) < 4.78 is 5.50. The van der Waals surface area contributed by atoms with E-state index >= 15 is 0 Å². The molecule has 1 aliphatic heterocycles. The summed E-state index contributed by atoms with van der Waals surface area (Å²) in [6, 6.07) is 6.90. The van der Waals surface area contributed by atoms with Gasteiger partial charge in [0.2, 0.25) is 17.7 Å². The molecule has 3 amide bonds. The number of hydrogen-bond acceptors (Lipinski definition) is 4. The van der Waals surface area contributed by atoms with Crippen LogP contribution in [-0.4, -0.2) is 41.8 Å². The normalized spacial score (nSPS) is 18.4. The van der Waals surface area contributed by atoms with Crippen LogP contribution in [-0.2, 0) is 14.4 Å². The van der Waals surface area contributed by atoms with Gasteiger partial charge in [-0.2, -0.15) is 0 Å². The second-order valence-electron chi connectivity index (χ2n) is 5.03. The van der Waals surface area contributed by atoms with Crippen molar-refractivity contribution in [3.8, 4) is 5.75 Å². The molecule has 1 saturated heterocycles. The molecule has 112 valence electrons. The van der Waals surface area contributed by atoms with Crippen LogP contribution in [0.2, 0.25) is 0 Å². The van der Waals surface area contributed by atoms with Crippen LogP contribution in [0.3, 0.4) is 0 Å². The SMILES string of the molecule is Cc1cccc(OCCC(=O)N2CC(=O)NC(=O)C2C)c1. The Morgan fingerprint density at radius 1 is 1.43 bits per heavy atom. The summed E-state index contributed by atoms with van der Waals surface area (Å²) in [5.74, 6) is -0.466. The topological polar surface area (TPSA) is 75.7 Å². The molecule has 1 aromatic rings. The zero-order chi connectivity index (χ0) is 15.4. The Hall–Kier alpha value is -2.37. The van der Waals surface area contributed by atoms with E-state index in [2.05, 4.69) is 5.32 Å². The standard InChI is InChI=1S/C15H18N2O4/c1-10-4-3-5-12(8-10)21-7-6-14(19)17-9-13(18)16-15(20)11(17)2/h3-5,8,11H,6-7,9H2,1-2H3,(H,16,18,20). The van der Waals surface area contributed by atoms with Gasteiger partial charge in [-0.25, -0.2) is 0 Å². The predicted molar refractivity (Wildman–Crippen MR) is 75.6 cm³/mol. The maximum absolute atomic E-state index is 12.1. The lowest BCUT2D eigenvalue weighted by Gasteiger charge is -2.31. The molecule has 0 bridgehead atoms. The van der Waals surface area contributed by atoms with Crippen LogP contribution >= 0.6 is 0 Å². The van der Waals surface area contributed by atoms with Crippen molar-refractivity contribution in [2.24, 2.45) is 0 Å². The molecule has 2 rings (SSSR count). The van der Waals surface area contributed by atoms with E-state index in [0.29, 0.717) is 5.75 Å². The number of nitrogens with zero attached hydrogens (tertiary/aromatic N) is 1. The largest absolute Gasteiger partial charge is 0.493 e. The number of amides is 3. The number of hydrogen-bond donors (Lipinski definition) is 1. The first-order chi connectivity index (χ1) is 9.97. The third kappa shape index (κ3) is 3.81. The highest BCUT2D eigenvalue weighted by Crippen LogP contribution is 2.13. The molecule has 6 heteroatoms. The first-order valence-corrected chi connectivity index (χ1v) is 6.80. The lowest BCUT2D eigenvalue weighted by atomic mass is 10.2. The second kappa shape index (κ2) is 6.39. The van der Waals surface area contributed by atoms with E-state index in [1.54, 1.807) is 6.92 Å². The average molecular weight is 290 g/mol. The van der Waals surface area contributed by atoms with Gasteiger partial charge >= 0.3 is 0 Å². The van der Waals surface area contributed by atoms with E-state index in [-0.39, 0.29) is 25.5 Å². The fraction of sp³-hybridized carbons (Fsp3) is 0.400. The Kier molecular flexibility index (Phi) is 4.57. The van der Waals surface area contributed by atoms with Gasteiger partial charge in [0, 0.05) is 0 Å². The maximum Gasteiger partial charge on any atom is 0.249 e. The molecule has 1 aromatic carbocycles. The smallest absolute Gasteiger partial charge is 0.249 e. The second-order valence-corrected chi connectivity index (χ2v) is 5.03. The van der Waals surface area contributed by atoms with Gasteiger partial charge in [0.1, 0.15) is 18.3 Å². The molecular formula is C15H18N2O4. The summed E-state index contributed by atoms with van der Waals surface area (Å²) in [6.45, 7) is 3.68. The van der Waals surface area contributed by atoms with E-state index in [9.17, 15) is 14.4 Å². The Balaban J connectivity index is 1.86. The zero-order valence-electron chi connectivity index (χ0n) is 12.1. The number of carbonyl (C=O) groups is 3. The van der Waals surface area contributed by atoms with Crippen molar-refractivity contribution in [2.75, 3.05) is 13.2 Å². The monoisotopic (exact) mass is 290 g/mol. The summed E-state index contributed by atoms with van der Waals surface area (Å²) >= 11 is 0. The summed E-state index contributed by atoms with van der Waals surface area (Å²) in [5.41, 5.74) is 1.07. The minimum absolute atomic E-state index is 0.0871. The molecule has 1 unspecified atom stereocenters. The number of ether oxygens (including phenoxy) is 1. The molecule has 1 aliphatic rings. The lowest BCUT2D eigenvalue weighted by molar-refractivity contribution is -0.149. The van der Waals surface area contributed by atoms with Crippen molar-refractivity contribution in [1.82, 2.24) is 10.2 Å². The third-order valence-electron chi connectivity index (χ3n) is 3.32. The Morgan fingerprint density at radius 3 is 2.90 bits per heavy atom. The van der Waals surface area contributed by atoms with Crippen LogP contribution in [0.1, 0.15) is 18.9 Å². The van der Waals surface area contributed by atoms with Crippen LogP contribution in [0.4, 0.5) is 0 Å². The van der Waals surface area contributed by atoms with E-state index in [4.69, 9.17) is 4.74 Å². The Morgan fingerprint density at radius 2 is 2.19 bits per heavy atom. The molecule has 0 saturated carbocycles. The molecule has 21 heavy (non-hydrogen) atoms. The van der Waals surface area contributed by atoms with Crippen LogP contribution in [0.5, 0.6) is 5.75 Å². The highest BCUT2D eigenvalue weighted by atomic mass is 16.5. The molecule has 6 nitrogen and oxygen atoms in total. The fourth-order valence-electron chi connectivity index (χ4n) is 2.12. The Bertz CT molecular complexity index is 571. The fourth-order valence-corrected chi connectivity index (χ4v) is 2.12. The van der Waals surface area contributed by atoms with E-state index < -0.39 is 17.9 Å². The van der Waals surface area contributed by atoms with Gasteiger partial charge in [-0.1, -0.05) is 12.1 Å². The quantitative estimate of drug-likeness (QED) is 0.826. The summed E-state index contributed by atoms with van der Waals surface area (Å²) in [5, 5.41) is 2.20.